The second-order valence-electron chi connectivity index (χ2n) is 7.03. The van der Waals surface area contributed by atoms with E-state index in [0.29, 0.717) is 0 Å². The molecule has 1 aromatic heterocycles. The van der Waals surface area contributed by atoms with Gasteiger partial charge in [0.2, 0.25) is 0 Å². The van der Waals surface area contributed by atoms with Gasteiger partial charge in [0.1, 0.15) is 11.5 Å². The van der Waals surface area contributed by atoms with Crippen LogP contribution in [0.5, 0.6) is 11.5 Å². The largest absolute Gasteiger partial charge is 0.494 e. The molecular formula is C23H33N3O2. The van der Waals surface area contributed by atoms with Gasteiger partial charge in [-0.1, -0.05) is 13.8 Å². The molecule has 3 rings (SSSR count). The van der Waals surface area contributed by atoms with E-state index in [0.717, 1.165) is 63.7 Å². The van der Waals surface area contributed by atoms with Crippen molar-refractivity contribution in [3.05, 3.63) is 36.4 Å². The number of benzene rings is 2. The quantitative estimate of drug-likeness (QED) is 0.463. The van der Waals surface area contributed by atoms with E-state index in [9.17, 15) is 0 Å². The van der Waals surface area contributed by atoms with Gasteiger partial charge in [-0.25, -0.2) is 0 Å². The Balaban J connectivity index is 1.74. The SMILES string of the molecule is CCNCCCOc1ccc2c(c1)c1cc(OCCCNCC)ccc1n2C. The predicted molar refractivity (Wildman–Crippen MR) is 118 cm³/mol. The van der Waals surface area contributed by atoms with Crippen LogP contribution in [0.25, 0.3) is 21.8 Å². The molecule has 0 saturated carbocycles. The van der Waals surface area contributed by atoms with Crippen molar-refractivity contribution in [2.75, 3.05) is 39.4 Å². The number of hydrogen-bond acceptors (Lipinski definition) is 4. The van der Waals surface area contributed by atoms with Crippen molar-refractivity contribution in [2.24, 2.45) is 7.05 Å². The number of nitrogens with zero attached hydrogens (tertiary/aromatic N) is 1. The van der Waals surface area contributed by atoms with E-state index in [1.807, 2.05) is 0 Å². The van der Waals surface area contributed by atoms with E-state index in [1.54, 1.807) is 0 Å². The number of ether oxygens (including phenoxy) is 2. The Morgan fingerprint density at radius 2 is 1.21 bits per heavy atom. The minimum atomic E-state index is 0.726. The smallest absolute Gasteiger partial charge is 0.120 e. The van der Waals surface area contributed by atoms with Crippen LogP contribution in [0, 0.1) is 0 Å². The van der Waals surface area contributed by atoms with Crippen LogP contribution in [0.3, 0.4) is 0 Å². The molecule has 0 fully saturated rings. The topological polar surface area (TPSA) is 47.4 Å². The minimum Gasteiger partial charge on any atom is -0.494 e. The first-order chi connectivity index (χ1) is 13.7. The monoisotopic (exact) mass is 383 g/mol. The third kappa shape index (κ3) is 4.97. The zero-order valence-electron chi connectivity index (χ0n) is 17.4. The first-order valence-corrected chi connectivity index (χ1v) is 10.4. The van der Waals surface area contributed by atoms with Gasteiger partial charge in [-0.2, -0.15) is 0 Å². The van der Waals surface area contributed by atoms with Crippen molar-refractivity contribution in [3.63, 3.8) is 0 Å². The summed E-state index contributed by atoms with van der Waals surface area (Å²) in [5.74, 6) is 1.85. The lowest BCUT2D eigenvalue weighted by Gasteiger charge is -2.07. The van der Waals surface area contributed by atoms with Crippen LogP contribution in [-0.2, 0) is 7.05 Å². The van der Waals surface area contributed by atoms with E-state index < -0.39 is 0 Å². The van der Waals surface area contributed by atoms with Crippen LogP contribution in [0.2, 0.25) is 0 Å². The molecule has 3 aromatic rings. The number of rotatable bonds is 12. The normalized spacial score (nSPS) is 11.4. The Bertz CT molecular complexity index is 817. The van der Waals surface area contributed by atoms with E-state index >= 15 is 0 Å². The maximum absolute atomic E-state index is 5.96. The third-order valence-corrected chi connectivity index (χ3v) is 4.98. The molecule has 0 aliphatic carbocycles. The minimum absolute atomic E-state index is 0.726. The predicted octanol–water partition coefficient (Wildman–Crippen LogP) is 4.09. The fraction of sp³-hybridized carbons (Fsp3) is 0.478. The van der Waals surface area contributed by atoms with Crippen molar-refractivity contribution in [2.45, 2.75) is 26.7 Å². The molecule has 28 heavy (non-hydrogen) atoms. The van der Waals surface area contributed by atoms with Gasteiger partial charge in [-0.3, -0.25) is 0 Å². The Morgan fingerprint density at radius 1 is 0.750 bits per heavy atom. The van der Waals surface area contributed by atoms with Crippen LogP contribution in [0.4, 0.5) is 0 Å². The van der Waals surface area contributed by atoms with Gasteiger partial charge in [0, 0.05) is 28.9 Å². The van der Waals surface area contributed by atoms with E-state index in [1.165, 1.54) is 21.8 Å². The highest BCUT2D eigenvalue weighted by Gasteiger charge is 2.10. The Kier molecular flexibility index (Phi) is 7.57. The summed E-state index contributed by atoms with van der Waals surface area (Å²) in [7, 11) is 2.11. The summed E-state index contributed by atoms with van der Waals surface area (Å²) in [4.78, 5) is 0. The maximum Gasteiger partial charge on any atom is 0.120 e. The van der Waals surface area contributed by atoms with Gasteiger partial charge >= 0.3 is 0 Å². The molecule has 152 valence electrons. The lowest BCUT2D eigenvalue weighted by Crippen LogP contribution is -2.16. The standard InChI is InChI=1S/C23H33N3O2/c1-4-24-12-6-14-27-18-8-10-22-20(16-18)21-17-19(9-11-23(21)26(22)3)28-15-7-13-25-5-2/h8-11,16-17,24-25H,4-7,12-15H2,1-3H3. The highest BCUT2D eigenvalue weighted by atomic mass is 16.5. The summed E-state index contributed by atoms with van der Waals surface area (Å²) in [5.41, 5.74) is 2.42. The van der Waals surface area contributed by atoms with Crippen LogP contribution in [0.15, 0.2) is 36.4 Å². The molecule has 5 heteroatoms. The van der Waals surface area contributed by atoms with Crippen molar-refractivity contribution < 1.29 is 9.47 Å². The summed E-state index contributed by atoms with van der Waals surface area (Å²) in [6.07, 6.45) is 2.01. The van der Waals surface area contributed by atoms with Crippen LogP contribution >= 0.6 is 0 Å². The van der Waals surface area contributed by atoms with E-state index in [4.69, 9.17) is 9.47 Å². The van der Waals surface area contributed by atoms with Crippen molar-refractivity contribution in [1.29, 1.82) is 0 Å². The number of aromatic nitrogens is 1. The number of nitrogens with one attached hydrogen (secondary N) is 2. The number of aryl methyl sites for hydroxylation is 1. The highest BCUT2D eigenvalue weighted by molar-refractivity contribution is 6.08. The van der Waals surface area contributed by atoms with Crippen LogP contribution in [0.1, 0.15) is 26.7 Å². The van der Waals surface area contributed by atoms with Gasteiger partial charge < -0.3 is 24.7 Å². The molecule has 0 aliphatic rings. The van der Waals surface area contributed by atoms with Gasteiger partial charge in [-0.05, 0) is 75.4 Å². The molecule has 0 saturated heterocycles. The van der Waals surface area contributed by atoms with Crippen molar-refractivity contribution in [3.8, 4) is 11.5 Å². The molecule has 0 aliphatic heterocycles. The molecule has 0 atom stereocenters. The molecule has 0 unspecified atom stereocenters. The van der Waals surface area contributed by atoms with Crippen molar-refractivity contribution in [1.82, 2.24) is 15.2 Å². The average Bonchev–Trinajstić information content (AvgIpc) is 2.99. The van der Waals surface area contributed by atoms with Gasteiger partial charge in [0.05, 0.1) is 13.2 Å². The fourth-order valence-corrected chi connectivity index (χ4v) is 3.48. The summed E-state index contributed by atoms with van der Waals surface area (Å²) in [6, 6.07) is 12.7. The lowest BCUT2D eigenvalue weighted by atomic mass is 10.1. The molecule has 0 radical (unpaired) electrons. The van der Waals surface area contributed by atoms with Gasteiger partial charge in [0.25, 0.3) is 0 Å². The second-order valence-corrected chi connectivity index (χ2v) is 7.03. The second kappa shape index (κ2) is 10.3. The summed E-state index contributed by atoms with van der Waals surface area (Å²) in [6.45, 7) is 9.67. The molecule has 2 N–H and O–H groups in total. The van der Waals surface area contributed by atoms with Crippen molar-refractivity contribution >= 4 is 21.8 Å². The average molecular weight is 384 g/mol. The third-order valence-electron chi connectivity index (χ3n) is 4.98. The van der Waals surface area contributed by atoms with E-state index in [2.05, 4.69) is 72.5 Å². The molecule has 0 bridgehead atoms. The molecule has 2 aromatic carbocycles. The highest BCUT2D eigenvalue weighted by Crippen LogP contribution is 2.33. The summed E-state index contributed by atoms with van der Waals surface area (Å²) >= 11 is 0. The summed E-state index contributed by atoms with van der Waals surface area (Å²) in [5, 5.41) is 9.07. The fourth-order valence-electron chi connectivity index (χ4n) is 3.48. The van der Waals surface area contributed by atoms with Crippen LogP contribution < -0.4 is 20.1 Å². The molecule has 0 spiro atoms. The molecular weight excluding hydrogens is 350 g/mol. The first-order valence-electron chi connectivity index (χ1n) is 10.4. The summed E-state index contributed by atoms with van der Waals surface area (Å²) < 4.78 is 14.2. The number of fused-ring (bicyclic) bond motifs is 3. The molecule has 1 heterocycles. The van der Waals surface area contributed by atoms with Gasteiger partial charge in [0.15, 0.2) is 0 Å². The zero-order chi connectivity index (χ0) is 19.8. The lowest BCUT2D eigenvalue weighted by molar-refractivity contribution is 0.309. The first kappa shape index (κ1) is 20.5. The Hall–Kier alpha value is -2.24. The Labute approximate surface area is 168 Å². The maximum atomic E-state index is 5.96. The Morgan fingerprint density at radius 3 is 1.64 bits per heavy atom. The molecule has 5 nitrogen and oxygen atoms in total. The zero-order valence-corrected chi connectivity index (χ0v) is 17.4. The van der Waals surface area contributed by atoms with E-state index in [-0.39, 0.29) is 0 Å². The van der Waals surface area contributed by atoms with Crippen LogP contribution in [-0.4, -0.2) is 44.0 Å². The molecule has 0 amide bonds. The number of hydrogen-bond donors (Lipinski definition) is 2. The van der Waals surface area contributed by atoms with Gasteiger partial charge in [-0.15, -0.1) is 0 Å².